The van der Waals surface area contributed by atoms with Gasteiger partial charge in [0.25, 0.3) is 0 Å². The lowest BCUT2D eigenvalue weighted by atomic mass is 10.3. The Morgan fingerprint density at radius 3 is 2.84 bits per heavy atom. The molecule has 0 aliphatic heterocycles. The maximum atomic E-state index is 12.3. The summed E-state index contributed by atoms with van der Waals surface area (Å²) in [5.74, 6) is -1.05. The van der Waals surface area contributed by atoms with Crippen molar-refractivity contribution in [3.8, 4) is 0 Å². The Labute approximate surface area is 113 Å². The molecule has 1 N–H and O–H groups in total. The van der Waals surface area contributed by atoms with E-state index < -0.39 is 16.0 Å². The Morgan fingerprint density at radius 2 is 2.16 bits per heavy atom. The summed E-state index contributed by atoms with van der Waals surface area (Å²) in [6.45, 7) is -0.0916. The summed E-state index contributed by atoms with van der Waals surface area (Å²) in [5, 5.41) is 8.60. The average molecular weight is 301 g/mol. The number of fused-ring (bicyclic) bond motifs is 1. The number of rotatable bonds is 5. The average Bonchev–Trinajstić information content (AvgIpc) is 2.83. The van der Waals surface area contributed by atoms with Gasteiger partial charge in [0.2, 0.25) is 10.0 Å². The first-order valence-electron chi connectivity index (χ1n) is 5.32. The van der Waals surface area contributed by atoms with Gasteiger partial charge in [0, 0.05) is 13.6 Å². The van der Waals surface area contributed by atoms with Crippen LogP contribution in [0.4, 0.5) is 0 Å². The lowest BCUT2D eigenvalue weighted by molar-refractivity contribution is -0.137. The largest absolute Gasteiger partial charge is 0.481 e. The molecule has 19 heavy (non-hydrogen) atoms. The minimum Gasteiger partial charge on any atom is -0.481 e. The van der Waals surface area contributed by atoms with Crippen LogP contribution in [0, 0.1) is 0 Å². The van der Waals surface area contributed by atoms with Gasteiger partial charge < -0.3 is 5.11 Å². The molecule has 0 atom stereocenters. The zero-order valence-electron chi connectivity index (χ0n) is 9.98. The van der Waals surface area contributed by atoms with Crippen molar-refractivity contribution in [3.05, 3.63) is 18.2 Å². The highest BCUT2D eigenvalue weighted by Crippen LogP contribution is 2.23. The highest BCUT2D eigenvalue weighted by atomic mass is 32.2. The SMILES string of the molecule is CN(CCC(=O)O)S(=O)(=O)c1cccc2nsnc12. The molecule has 0 spiro atoms. The number of hydrogen-bond donors (Lipinski definition) is 1. The number of carbonyl (C=O) groups is 1. The van der Waals surface area contributed by atoms with Crippen molar-refractivity contribution in [3.63, 3.8) is 0 Å². The third kappa shape index (κ3) is 2.72. The Kier molecular flexibility index (Phi) is 3.78. The molecule has 0 radical (unpaired) electrons. The summed E-state index contributed by atoms with van der Waals surface area (Å²) in [7, 11) is -2.41. The van der Waals surface area contributed by atoms with Crippen LogP contribution < -0.4 is 0 Å². The summed E-state index contributed by atoms with van der Waals surface area (Å²) in [4.78, 5) is 10.5. The number of carboxylic acid groups (broad SMARTS) is 1. The van der Waals surface area contributed by atoms with Crippen LogP contribution in [0.1, 0.15) is 6.42 Å². The van der Waals surface area contributed by atoms with Gasteiger partial charge in [0.05, 0.1) is 18.1 Å². The van der Waals surface area contributed by atoms with E-state index in [0.717, 1.165) is 16.0 Å². The summed E-state index contributed by atoms with van der Waals surface area (Å²) in [5.41, 5.74) is 0.826. The molecule has 1 aromatic carbocycles. The minimum atomic E-state index is -3.76. The second kappa shape index (κ2) is 5.19. The Morgan fingerprint density at radius 1 is 1.42 bits per heavy atom. The lowest BCUT2D eigenvalue weighted by Crippen LogP contribution is -2.29. The van der Waals surface area contributed by atoms with Gasteiger partial charge in [-0.2, -0.15) is 8.75 Å². The number of hydrogen-bond acceptors (Lipinski definition) is 6. The first-order chi connectivity index (χ1) is 8.93. The molecule has 2 aromatic rings. The monoisotopic (exact) mass is 301 g/mol. The highest BCUT2D eigenvalue weighted by Gasteiger charge is 2.24. The summed E-state index contributed by atoms with van der Waals surface area (Å²) >= 11 is 0.936. The molecule has 7 nitrogen and oxygen atoms in total. The van der Waals surface area contributed by atoms with E-state index in [-0.39, 0.29) is 17.9 Å². The minimum absolute atomic E-state index is 0.0478. The molecule has 0 saturated heterocycles. The number of sulfonamides is 1. The fourth-order valence-corrected chi connectivity index (χ4v) is 3.45. The number of aromatic nitrogens is 2. The maximum absolute atomic E-state index is 12.3. The lowest BCUT2D eigenvalue weighted by Gasteiger charge is -2.16. The van der Waals surface area contributed by atoms with Gasteiger partial charge >= 0.3 is 5.97 Å². The van der Waals surface area contributed by atoms with Crippen LogP contribution in [0.25, 0.3) is 11.0 Å². The Bertz CT molecular complexity index is 710. The molecule has 0 aliphatic carbocycles. The molecule has 102 valence electrons. The number of carboxylic acids is 1. The van der Waals surface area contributed by atoms with Crippen molar-refractivity contribution < 1.29 is 18.3 Å². The van der Waals surface area contributed by atoms with E-state index in [1.54, 1.807) is 12.1 Å². The highest BCUT2D eigenvalue weighted by molar-refractivity contribution is 7.89. The molecule has 0 amide bonds. The molecule has 0 fully saturated rings. The van der Waals surface area contributed by atoms with Crippen LogP contribution in [-0.2, 0) is 14.8 Å². The molecule has 1 heterocycles. The van der Waals surface area contributed by atoms with Crippen LogP contribution in [0.2, 0.25) is 0 Å². The van der Waals surface area contributed by atoms with Gasteiger partial charge in [-0.1, -0.05) is 6.07 Å². The Balaban J connectivity index is 2.38. The van der Waals surface area contributed by atoms with Crippen molar-refractivity contribution in [2.45, 2.75) is 11.3 Å². The van der Waals surface area contributed by atoms with Crippen LogP contribution >= 0.6 is 11.7 Å². The van der Waals surface area contributed by atoms with E-state index in [0.29, 0.717) is 11.0 Å². The van der Waals surface area contributed by atoms with Gasteiger partial charge in [-0.25, -0.2) is 12.7 Å². The fraction of sp³-hybridized carbons (Fsp3) is 0.300. The van der Waals surface area contributed by atoms with Crippen molar-refractivity contribution in [1.29, 1.82) is 0 Å². The van der Waals surface area contributed by atoms with E-state index in [9.17, 15) is 13.2 Å². The predicted molar refractivity (Wildman–Crippen MR) is 69.5 cm³/mol. The zero-order chi connectivity index (χ0) is 14.0. The molecule has 0 unspecified atom stereocenters. The summed E-state index contributed by atoms with van der Waals surface area (Å²) in [6, 6.07) is 4.70. The quantitative estimate of drug-likeness (QED) is 0.876. The van der Waals surface area contributed by atoms with Crippen molar-refractivity contribution >= 4 is 38.8 Å². The second-order valence-corrected chi connectivity index (χ2v) is 6.40. The molecule has 2 rings (SSSR count). The second-order valence-electron chi connectivity index (χ2n) is 3.86. The van der Waals surface area contributed by atoms with Crippen LogP contribution in [0.15, 0.2) is 23.1 Å². The maximum Gasteiger partial charge on any atom is 0.304 e. The predicted octanol–water partition coefficient (Wildman–Crippen LogP) is 0.786. The van der Waals surface area contributed by atoms with Crippen molar-refractivity contribution in [1.82, 2.24) is 13.1 Å². The van der Waals surface area contributed by atoms with E-state index >= 15 is 0 Å². The molecule has 0 aliphatic rings. The first-order valence-corrected chi connectivity index (χ1v) is 7.49. The summed E-state index contributed by atoms with van der Waals surface area (Å²) < 4.78 is 33.6. The number of aliphatic carboxylic acids is 1. The normalized spacial score (nSPS) is 12.1. The smallest absolute Gasteiger partial charge is 0.304 e. The van der Waals surface area contributed by atoms with E-state index in [1.807, 2.05) is 0 Å². The number of nitrogens with zero attached hydrogens (tertiary/aromatic N) is 3. The van der Waals surface area contributed by atoms with Crippen molar-refractivity contribution in [2.75, 3.05) is 13.6 Å². The molecule has 0 bridgehead atoms. The van der Waals surface area contributed by atoms with E-state index in [2.05, 4.69) is 8.75 Å². The third-order valence-electron chi connectivity index (χ3n) is 2.58. The van der Waals surface area contributed by atoms with Crippen LogP contribution in [-0.4, -0.2) is 46.1 Å². The van der Waals surface area contributed by atoms with Crippen molar-refractivity contribution in [2.24, 2.45) is 0 Å². The standard InChI is InChI=1S/C10H11N3O4S2/c1-13(6-5-9(14)15)19(16,17)8-4-2-3-7-10(8)12-18-11-7/h2-4H,5-6H2,1H3,(H,14,15). The van der Waals surface area contributed by atoms with E-state index in [4.69, 9.17) is 5.11 Å². The Hall–Kier alpha value is -1.58. The third-order valence-corrected chi connectivity index (χ3v) is 5.01. The first kappa shape index (κ1) is 13.8. The van der Waals surface area contributed by atoms with E-state index in [1.165, 1.54) is 13.1 Å². The number of benzene rings is 1. The molecular weight excluding hydrogens is 290 g/mol. The molecular formula is C10H11N3O4S2. The molecule has 9 heteroatoms. The van der Waals surface area contributed by atoms with Gasteiger partial charge in [-0.05, 0) is 12.1 Å². The van der Waals surface area contributed by atoms with Gasteiger partial charge in [0.15, 0.2) is 0 Å². The van der Waals surface area contributed by atoms with Crippen LogP contribution in [0.5, 0.6) is 0 Å². The van der Waals surface area contributed by atoms with Gasteiger partial charge in [-0.15, -0.1) is 0 Å². The van der Waals surface area contributed by atoms with Crippen LogP contribution in [0.3, 0.4) is 0 Å². The molecule has 1 aromatic heterocycles. The van der Waals surface area contributed by atoms with Gasteiger partial charge in [0.1, 0.15) is 15.9 Å². The summed E-state index contributed by atoms with van der Waals surface area (Å²) in [6.07, 6.45) is -0.249. The topological polar surface area (TPSA) is 100 Å². The fourth-order valence-electron chi connectivity index (χ4n) is 1.53. The van der Waals surface area contributed by atoms with Gasteiger partial charge in [-0.3, -0.25) is 4.79 Å². The molecule has 0 saturated carbocycles. The zero-order valence-corrected chi connectivity index (χ0v) is 11.6.